The summed E-state index contributed by atoms with van der Waals surface area (Å²) in [6.07, 6.45) is 1.24. The van der Waals surface area contributed by atoms with E-state index in [9.17, 15) is 10.1 Å². The predicted octanol–water partition coefficient (Wildman–Crippen LogP) is -2.12. The average molecular weight is 294 g/mol. The molecule has 3 nitrogen and oxygen atoms in total. The van der Waals surface area contributed by atoms with Crippen molar-refractivity contribution in [2.24, 2.45) is 0 Å². The molecule has 0 bridgehead atoms. The van der Waals surface area contributed by atoms with Gasteiger partial charge in [-0.2, -0.15) is 6.42 Å². The fourth-order valence-corrected chi connectivity index (χ4v) is 0.241. The Hall–Kier alpha value is 0.802. The first kappa shape index (κ1) is 16.4. The van der Waals surface area contributed by atoms with Gasteiger partial charge in [-0.25, -0.2) is 0 Å². The van der Waals surface area contributed by atoms with E-state index >= 15 is 0 Å². The minimum Gasteiger partial charge on any atom is -1.00 e. The van der Waals surface area contributed by atoms with Gasteiger partial charge in [0.2, 0.25) is 6.54 Å². The predicted molar refractivity (Wildman–Crippen MR) is 26.5 cm³/mol. The van der Waals surface area contributed by atoms with Crippen LogP contribution in [0.25, 0.3) is 0 Å². The zero-order valence-electron chi connectivity index (χ0n) is 5.18. The summed E-state index contributed by atoms with van der Waals surface area (Å²) in [5, 5.41) is 9.54. The maximum absolute atomic E-state index is 9.54. The molecule has 0 aromatic heterocycles. The zero-order chi connectivity index (χ0) is 5.70. The maximum Gasteiger partial charge on any atom is 2.00 e. The largest absolute Gasteiger partial charge is 2.00 e. The molecule has 0 amide bonds. The van der Waals surface area contributed by atoms with Crippen LogP contribution in [0.4, 0.5) is 0 Å². The van der Waals surface area contributed by atoms with Crippen molar-refractivity contribution < 1.29 is 49.2 Å². The molecule has 0 aliphatic heterocycles. The van der Waals surface area contributed by atoms with Gasteiger partial charge in [-0.05, 0) is 6.42 Å². The van der Waals surface area contributed by atoms with Gasteiger partial charge in [0.1, 0.15) is 0 Å². The van der Waals surface area contributed by atoms with E-state index in [-0.39, 0.29) is 55.7 Å². The topological polar surface area (TPSA) is 43.1 Å². The molecule has 0 saturated carbocycles. The van der Waals surface area contributed by atoms with Gasteiger partial charge >= 0.3 is 27.3 Å². The van der Waals surface area contributed by atoms with Gasteiger partial charge in [0.05, 0.1) is 0 Å². The first-order chi connectivity index (χ1) is 3.27. The van der Waals surface area contributed by atoms with Gasteiger partial charge < -0.3 is 23.9 Å². The van der Waals surface area contributed by atoms with Crippen LogP contribution in [0.15, 0.2) is 0 Å². The molecule has 0 spiro atoms. The standard InChI is InChI=1S/C4H8NO2.BrH.Cd/c1-2-3-4-5(6)7;;/h1-4H2;1H;/q-1;;+2/p-1. The van der Waals surface area contributed by atoms with Gasteiger partial charge in [-0.1, -0.05) is 0 Å². The SMILES string of the molecule is [Br-].[CH2-]CCC[N+](=O)[O-].[Cd+2]. The number of hydrogen-bond donors (Lipinski definition) is 0. The summed E-state index contributed by atoms with van der Waals surface area (Å²) >= 11 is 0. The fraction of sp³-hybridized carbons (Fsp3) is 0.750. The average Bonchev–Trinajstić information content (AvgIpc) is 1.61. The Bertz CT molecular complexity index is 71.6. The van der Waals surface area contributed by atoms with Crippen molar-refractivity contribution in [2.45, 2.75) is 12.8 Å². The smallest absolute Gasteiger partial charge is 1.00 e. The number of rotatable bonds is 3. The Labute approximate surface area is 85.3 Å². The second-order valence-corrected chi connectivity index (χ2v) is 1.26. The third-order valence-electron chi connectivity index (χ3n) is 0.591. The molecule has 0 heterocycles. The summed E-state index contributed by atoms with van der Waals surface area (Å²) in [7, 11) is 0. The molecule has 0 unspecified atom stereocenters. The van der Waals surface area contributed by atoms with Crippen LogP contribution in [0.5, 0.6) is 0 Å². The van der Waals surface area contributed by atoms with Gasteiger partial charge in [0.25, 0.3) is 0 Å². The van der Waals surface area contributed by atoms with E-state index in [2.05, 4.69) is 6.92 Å². The molecule has 0 aliphatic rings. The minimum atomic E-state index is -0.328. The molecule has 0 N–H and O–H groups in total. The first-order valence-corrected chi connectivity index (χ1v) is 2.18. The zero-order valence-corrected chi connectivity index (χ0v) is 10.8. The van der Waals surface area contributed by atoms with Crippen LogP contribution >= 0.6 is 0 Å². The Kier molecular flexibility index (Phi) is 21.1. The van der Waals surface area contributed by atoms with Crippen molar-refractivity contribution in [3.63, 3.8) is 0 Å². The molecular formula is C4H8BrCdNO2. The molecule has 0 fully saturated rings. The van der Waals surface area contributed by atoms with Crippen molar-refractivity contribution in [2.75, 3.05) is 6.54 Å². The second kappa shape index (κ2) is 11.6. The van der Waals surface area contributed by atoms with Crippen LogP contribution in [0.1, 0.15) is 12.8 Å². The van der Waals surface area contributed by atoms with Crippen molar-refractivity contribution in [3.8, 4) is 0 Å². The molecule has 0 saturated heterocycles. The fourth-order valence-electron chi connectivity index (χ4n) is 0.241. The van der Waals surface area contributed by atoms with Gasteiger partial charge in [0, 0.05) is 4.92 Å². The normalized spacial score (nSPS) is 6.78. The molecule has 0 aromatic carbocycles. The van der Waals surface area contributed by atoms with Crippen molar-refractivity contribution in [1.82, 2.24) is 0 Å². The summed E-state index contributed by atoms with van der Waals surface area (Å²) in [6, 6.07) is 0. The molecule has 0 aromatic rings. The van der Waals surface area contributed by atoms with E-state index in [1.54, 1.807) is 0 Å². The van der Waals surface area contributed by atoms with Crippen molar-refractivity contribution in [3.05, 3.63) is 17.0 Å². The molecule has 50 valence electrons. The van der Waals surface area contributed by atoms with Crippen LogP contribution in [0.2, 0.25) is 0 Å². The molecule has 0 radical (unpaired) electrons. The van der Waals surface area contributed by atoms with E-state index in [1.165, 1.54) is 0 Å². The summed E-state index contributed by atoms with van der Waals surface area (Å²) < 4.78 is 0. The van der Waals surface area contributed by atoms with Gasteiger partial charge in [-0.15, -0.1) is 0 Å². The minimum absolute atomic E-state index is 0. The number of nitro groups is 1. The van der Waals surface area contributed by atoms with Crippen molar-refractivity contribution >= 4 is 0 Å². The summed E-state index contributed by atoms with van der Waals surface area (Å²) in [4.78, 5) is 9.21. The number of hydrogen-bond acceptors (Lipinski definition) is 2. The molecule has 5 heteroatoms. The van der Waals surface area contributed by atoms with Crippen LogP contribution in [0.3, 0.4) is 0 Å². The first-order valence-electron chi connectivity index (χ1n) is 2.18. The van der Waals surface area contributed by atoms with Crippen LogP contribution < -0.4 is 17.0 Å². The summed E-state index contributed by atoms with van der Waals surface area (Å²) in [5.74, 6) is 0. The van der Waals surface area contributed by atoms with Gasteiger partial charge in [-0.3, -0.25) is 10.1 Å². The molecular weight excluding hydrogens is 286 g/mol. The van der Waals surface area contributed by atoms with Crippen LogP contribution in [-0.2, 0) is 27.3 Å². The summed E-state index contributed by atoms with van der Waals surface area (Å²) in [6.45, 7) is 3.51. The third-order valence-corrected chi connectivity index (χ3v) is 0.591. The van der Waals surface area contributed by atoms with E-state index in [1.807, 2.05) is 0 Å². The Morgan fingerprint density at radius 2 is 2.00 bits per heavy atom. The van der Waals surface area contributed by atoms with E-state index in [4.69, 9.17) is 0 Å². The Morgan fingerprint density at radius 1 is 1.56 bits per heavy atom. The van der Waals surface area contributed by atoms with Crippen LogP contribution in [-0.4, -0.2) is 11.5 Å². The third kappa shape index (κ3) is 17.7. The van der Waals surface area contributed by atoms with E-state index < -0.39 is 0 Å². The van der Waals surface area contributed by atoms with Crippen molar-refractivity contribution in [1.29, 1.82) is 0 Å². The molecule has 0 aliphatic carbocycles. The maximum atomic E-state index is 9.54. The second-order valence-electron chi connectivity index (χ2n) is 1.26. The number of nitrogens with zero attached hydrogens (tertiary/aromatic N) is 1. The quantitative estimate of drug-likeness (QED) is 0.258. The number of unbranched alkanes of at least 4 members (excludes halogenated alkanes) is 1. The monoisotopic (exact) mass is 295 g/mol. The molecule has 0 atom stereocenters. The molecule has 9 heavy (non-hydrogen) atoms. The Balaban J connectivity index is -0.000000180. The van der Waals surface area contributed by atoms with E-state index in [0.29, 0.717) is 12.8 Å². The van der Waals surface area contributed by atoms with Gasteiger partial charge in [0.15, 0.2) is 0 Å². The van der Waals surface area contributed by atoms with Crippen LogP contribution in [0, 0.1) is 17.0 Å². The van der Waals surface area contributed by atoms with E-state index in [0.717, 1.165) is 0 Å². The summed E-state index contributed by atoms with van der Waals surface area (Å²) in [5.41, 5.74) is 0. The number of halogens is 1. The Morgan fingerprint density at radius 3 is 2.11 bits per heavy atom. The molecule has 0 rings (SSSR count).